The smallest absolute Gasteiger partial charge is 0.278 e. The Kier molecular flexibility index (Phi) is 4.40. The van der Waals surface area contributed by atoms with E-state index in [1.807, 2.05) is 65.0 Å². The Hall–Kier alpha value is -2.95. The van der Waals surface area contributed by atoms with Crippen molar-refractivity contribution in [3.05, 3.63) is 70.0 Å². The first-order chi connectivity index (χ1) is 11.9. The van der Waals surface area contributed by atoms with E-state index in [-0.39, 0.29) is 5.91 Å². The van der Waals surface area contributed by atoms with E-state index in [1.54, 1.807) is 4.68 Å². The van der Waals surface area contributed by atoms with Crippen LogP contribution in [-0.2, 0) is 0 Å². The molecule has 25 heavy (non-hydrogen) atoms. The Labute approximate surface area is 147 Å². The molecule has 1 N–H and O–H groups in total. The van der Waals surface area contributed by atoms with Crippen LogP contribution in [0.15, 0.2) is 36.4 Å². The number of amides is 1. The normalized spacial score (nSPS) is 10.8. The van der Waals surface area contributed by atoms with Crippen LogP contribution in [0.5, 0.6) is 0 Å². The maximum absolute atomic E-state index is 12.7. The molecule has 1 aromatic heterocycles. The minimum atomic E-state index is -0.244. The molecule has 0 unspecified atom stereocenters. The van der Waals surface area contributed by atoms with Gasteiger partial charge >= 0.3 is 0 Å². The Bertz CT molecular complexity index is 936. The Morgan fingerprint density at radius 3 is 2.32 bits per heavy atom. The molecular formula is C20H22N4O. The molecule has 0 radical (unpaired) electrons. The first-order valence-electron chi connectivity index (χ1n) is 8.26. The maximum atomic E-state index is 12.7. The van der Waals surface area contributed by atoms with Crippen molar-refractivity contribution in [3.63, 3.8) is 0 Å². The molecule has 5 heteroatoms. The number of carbonyl (C=O) groups is 1. The summed E-state index contributed by atoms with van der Waals surface area (Å²) in [7, 11) is 0. The van der Waals surface area contributed by atoms with Crippen LogP contribution in [-0.4, -0.2) is 20.9 Å². The second kappa shape index (κ2) is 6.51. The summed E-state index contributed by atoms with van der Waals surface area (Å²) in [6.07, 6.45) is 0. The van der Waals surface area contributed by atoms with Gasteiger partial charge in [0.15, 0.2) is 5.69 Å². The fourth-order valence-corrected chi connectivity index (χ4v) is 2.90. The third-order valence-electron chi connectivity index (χ3n) is 4.42. The van der Waals surface area contributed by atoms with Gasteiger partial charge in [0.1, 0.15) is 0 Å². The first-order valence-corrected chi connectivity index (χ1v) is 8.26. The summed E-state index contributed by atoms with van der Waals surface area (Å²) in [5, 5.41) is 11.3. The molecule has 0 atom stereocenters. The van der Waals surface area contributed by atoms with Crippen molar-refractivity contribution in [2.75, 3.05) is 5.32 Å². The van der Waals surface area contributed by atoms with Gasteiger partial charge in [0.25, 0.3) is 5.91 Å². The predicted molar refractivity (Wildman–Crippen MR) is 99.4 cm³/mol. The maximum Gasteiger partial charge on any atom is 0.278 e. The Balaban J connectivity index is 1.96. The lowest BCUT2D eigenvalue weighted by Crippen LogP contribution is -2.16. The second-order valence-corrected chi connectivity index (χ2v) is 6.45. The van der Waals surface area contributed by atoms with Crippen molar-refractivity contribution in [1.82, 2.24) is 15.0 Å². The van der Waals surface area contributed by atoms with Crippen LogP contribution in [0, 0.1) is 34.6 Å². The highest BCUT2D eigenvalue weighted by atomic mass is 16.2. The van der Waals surface area contributed by atoms with E-state index < -0.39 is 0 Å². The van der Waals surface area contributed by atoms with Gasteiger partial charge in [-0.25, -0.2) is 4.68 Å². The van der Waals surface area contributed by atoms with E-state index in [4.69, 9.17) is 0 Å². The average molecular weight is 334 g/mol. The van der Waals surface area contributed by atoms with Crippen LogP contribution in [0.25, 0.3) is 5.69 Å². The van der Waals surface area contributed by atoms with E-state index in [2.05, 4.69) is 21.7 Å². The fourth-order valence-electron chi connectivity index (χ4n) is 2.90. The van der Waals surface area contributed by atoms with Crippen molar-refractivity contribution in [2.45, 2.75) is 34.6 Å². The summed E-state index contributed by atoms with van der Waals surface area (Å²) in [6.45, 7) is 9.86. The van der Waals surface area contributed by atoms with Crippen molar-refractivity contribution in [2.24, 2.45) is 0 Å². The molecule has 0 aliphatic carbocycles. The number of nitrogens with one attached hydrogen (secondary N) is 1. The monoisotopic (exact) mass is 334 g/mol. The highest BCUT2D eigenvalue weighted by molar-refractivity contribution is 6.04. The number of rotatable bonds is 3. The molecule has 0 saturated carbocycles. The van der Waals surface area contributed by atoms with Crippen LogP contribution in [0.3, 0.4) is 0 Å². The third-order valence-corrected chi connectivity index (χ3v) is 4.42. The summed E-state index contributed by atoms with van der Waals surface area (Å²) in [4.78, 5) is 12.7. The van der Waals surface area contributed by atoms with Gasteiger partial charge in [-0.3, -0.25) is 4.79 Å². The van der Waals surface area contributed by atoms with Gasteiger partial charge in [-0.15, -0.1) is 5.10 Å². The minimum absolute atomic E-state index is 0.244. The molecule has 1 amide bonds. The topological polar surface area (TPSA) is 59.8 Å². The summed E-state index contributed by atoms with van der Waals surface area (Å²) in [5.41, 5.74) is 7.09. The van der Waals surface area contributed by atoms with Gasteiger partial charge in [0.2, 0.25) is 0 Å². The van der Waals surface area contributed by atoms with Crippen LogP contribution in [0.4, 0.5) is 5.69 Å². The average Bonchev–Trinajstić information content (AvgIpc) is 2.95. The number of aromatic nitrogens is 3. The standard InChI is InChI=1S/C20H22N4O/c1-12-9-10-13(2)17(11-12)24-16(5)19(22-23-24)20(25)21-18-14(3)7-6-8-15(18)4/h6-11H,1-5H3,(H,21,25). The molecule has 0 bridgehead atoms. The summed E-state index contributed by atoms with van der Waals surface area (Å²) in [6, 6.07) is 12.1. The number of hydrogen-bond acceptors (Lipinski definition) is 3. The molecule has 0 aliphatic heterocycles. The number of hydrogen-bond donors (Lipinski definition) is 1. The minimum Gasteiger partial charge on any atom is -0.320 e. The summed E-state index contributed by atoms with van der Waals surface area (Å²) >= 11 is 0. The SMILES string of the molecule is Cc1ccc(C)c(-n2nnc(C(=O)Nc3c(C)cccc3C)c2C)c1. The summed E-state index contributed by atoms with van der Waals surface area (Å²) < 4.78 is 1.72. The van der Waals surface area contributed by atoms with E-state index in [1.165, 1.54) is 0 Å². The lowest BCUT2D eigenvalue weighted by Gasteiger charge is -2.11. The largest absolute Gasteiger partial charge is 0.320 e. The number of benzene rings is 2. The third kappa shape index (κ3) is 3.18. The number of para-hydroxylation sites is 1. The summed E-state index contributed by atoms with van der Waals surface area (Å²) in [5.74, 6) is -0.244. The van der Waals surface area contributed by atoms with Crippen molar-refractivity contribution >= 4 is 11.6 Å². The zero-order valence-corrected chi connectivity index (χ0v) is 15.2. The molecule has 3 rings (SSSR count). The highest BCUT2D eigenvalue weighted by Crippen LogP contribution is 2.22. The van der Waals surface area contributed by atoms with Gasteiger partial charge in [0.05, 0.1) is 11.4 Å². The molecule has 0 spiro atoms. The number of aryl methyl sites for hydroxylation is 4. The molecule has 0 saturated heterocycles. The Morgan fingerprint density at radius 1 is 0.960 bits per heavy atom. The van der Waals surface area contributed by atoms with Crippen LogP contribution < -0.4 is 5.32 Å². The molecular weight excluding hydrogens is 312 g/mol. The van der Waals surface area contributed by atoms with Crippen LogP contribution in [0.2, 0.25) is 0 Å². The predicted octanol–water partition coefficient (Wildman–Crippen LogP) is 4.06. The molecule has 5 nitrogen and oxygen atoms in total. The van der Waals surface area contributed by atoms with E-state index in [0.717, 1.165) is 39.3 Å². The Morgan fingerprint density at radius 2 is 1.64 bits per heavy atom. The second-order valence-electron chi connectivity index (χ2n) is 6.45. The quantitative estimate of drug-likeness (QED) is 0.786. The number of nitrogens with zero attached hydrogens (tertiary/aromatic N) is 3. The molecule has 128 valence electrons. The van der Waals surface area contributed by atoms with E-state index >= 15 is 0 Å². The highest BCUT2D eigenvalue weighted by Gasteiger charge is 2.19. The van der Waals surface area contributed by atoms with Crippen molar-refractivity contribution in [1.29, 1.82) is 0 Å². The van der Waals surface area contributed by atoms with E-state index in [0.29, 0.717) is 5.69 Å². The van der Waals surface area contributed by atoms with Gasteiger partial charge in [-0.2, -0.15) is 0 Å². The lowest BCUT2D eigenvalue weighted by molar-refractivity contribution is 0.102. The van der Waals surface area contributed by atoms with Gasteiger partial charge in [0, 0.05) is 5.69 Å². The number of anilines is 1. The van der Waals surface area contributed by atoms with Gasteiger partial charge < -0.3 is 5.32 Å². The molecule has 0 aliphatic rings. The van der Waals surface area contributed by atoms with Crippen molar-refractivity contribution < 1.29 is 4.79 Å². The van der Waals surface area contributed by atoms with E-state index in [9.17, 15) is 4.79 Å². The van der Waals surface area contributed by atoms with Crippen LogP contribution in [0.1, 0.15) is 38.4 Å². The first kappa shape index (κ1) is 16.9. The zero-order chi connectivity index (χ0) is 18.1. The molecule has 0 fully saturated rings. The molecule has 3 aromatic rings. The molecule has 1 heterocycles. The lowest BCUT2D eigenvalue weighted by atomic mass is 10.1. The fraction of sp³-hybridized carbons (Fsp3) is 0.250. The van der Waals surface area contributed by atoms with Crippen LogP contribution >= 0.6 is 0 Å². The number of carbonyl (C=O) groups excluding carboxylic acids is 1. The molecule has 2 aromatic carbocycles. The van der Waals surface area contributed by atoms with Crippen molar-refractivity contribution in [3.8, 4) is 5.69 Å². The van der Waals surface area contributed by atoms with Gasteiger partial charge in [-0.05, 0) is 62.9 Å². The zero-order valence-electron chi connectivity index (χ0n) is 15.2. The van der Waals surface area contributed by atoms with Gasteiger partial charge in [-0.1, -0.05) is 35.5 Å².